The van der Waals surface area contributed by atoms with Crippen LogP contribution in [0.2, 0.25) is 0 Å². The molecule has 1 aliphatic heterocycles. The summed E-state index contributed by atoms with van der Waals surface area (Å²) in [4.78, 5) is 11.9. The van der Waals surface area contributed by atoms with Gasteiger partial charge in [0.2, 0.25) is 5.91 Å². The van der Waals surface area contributed by atoms with Gasteiger partial charge >= 0.3 is 0 Å². The van der Waals surface area contributed by atoms with Gasteiger partial charge in [0.15, 0.2) is 0 Å². The number of nitrogens with one attached hydrogen (secondary N) is 1. The zero-order valence-corrected chi connectivity index (χ0v) is 10.4. The summed E-state index contributed by atoms with van der Waals surface area (Å²) in [5, 5.41) is 11.9. The van der Waals surface area contributed by atoms with E-state index in [0.717, 1.165) is 12.8 Å². The molecule has 0 aromatic rings. The summed E-state index contributed by atoms with van der Waals surface area (Å²) in [6.45, 7) is 6.17. The van der Waals surface area contributed by atoms with Gasteiger partial charge in [-0.05, 0) is 32.1 Å². The topological polar surface area (TPSA) is 58.6 Å². The molecule has 3 atom stereocenters. The van der Waals surface area contributed by atoms with Gasteiger partial charge in [-0.25, -0.2) is 0 Å². The van der Waals surface area contributed by atoms with E-state index in [2.05, 4.69) is 5.32 Å². The maximum absolute atomic E-state index is 11.9. The summed E-state index contributed by atoms with van der Waals surface area (Å²) >= 11 is 0. The summed E-state index contributed by atoms with van der Waals surface area (Å²) in [5.74, 6) is 0.298. The van der Waals surface area contributed by atoms with Crippen molar-refractivity contribution in [1.29, 1.82) is 0 Å². The zero-order valence-electron chi connectivity index (χ0n) is 10.4. The Balaban J connectivity index is 2.42. The normalized spacial score (nSPS) is 27.1. The third kappa shape index (κ3) is 3.76. The molecular weight excluding hydrogens is 206 g/mol. The molecular formula is C12H23NO3. The highest BCUT2D eigenvalue weighted by Gasteiger charge is 2.29. The third-order valence-corrected chi connectivity index (χ3v) is 3.10. The van der Waals surface area contributed by atoms with Crippen LogP contribution in [0.4, 0.5) is 0 Å². The number of hydrogen-bond acceptors (Lipinski definition) is 3. The molecule has 1 rings (SSSR count). The lowest BCUT2D eigenvalue weighted by Gasteiger charge is -2.23. The second kappa shape index (κ2) is 6.21. The SMILES string of the molecule is CC1CCC(C(=O)NC(CCO)C(C)C)O1. The fourth-order valence-electron chi connectivity index (χ4n) is 1.98. The highest BCUT2D eigenvalue weighted by atomic mass is 16.5. The van der Waals surface area contributed by atoms with Gasteiger partial charge in [-0.15, -0.1) is 0 Å². The number of carbonyl (C=O) groups excluding carboxylic acids is 1. The van der Waals surface area contributed by atoms with E-state index in [1.54, 1.807) is 0 Å². The van der Waals surface area contributed by atoms with Crippen LogP contribution >= 0.6 is 0 Å². The molecule has 4 heteroatoms. The number of aliphatic hydroxyl groups is 1. The van der Waals surface area contributed by atoms with Crippen LogP contribution < -0.4 is 5.32 Å². The molecule has 0 aliphatic carbocycles. The zero-order chi connectivity index (χ0) is 12.1. The lowest BCUT2D eigenvalue weighted by atomic mass is 10.0. The quantitative estimate of drug-likeness (QED) is 0.741. The van der Waals surface area contributed by atoms with Crippen molar-refractivity contribution in [2.75, 3.05) is 6.61 Å². The van der Waals surface area contributed by atoms with Crippen LogP contribution in [0.25, 0.3) is 0 Å². The molecule has 2 N–H and O–H groups in total. The lowest BCUT2D eigenvalue weighted by molar-refractivity contribution is -0.132. The van der Waals surface area contributed by atoms with Crippen LogP contribution in [0, 0.1) is 5.92 Å². The van der Waals surface area contributed by atoms with Crippen LogP contribution in [-0.4, -0.2) is 35.9 Å². The minimum absolute atomic E-state index is 0.0310. The van der Waals surface area contributed by atoms with E-state index in [-0.39, 0.29) is 30.8 Å². The molecule has 1 amide bonds. The van der Waals surface area contributed by atoms with E-state index in [1.165, 1.54) is 0 Å². The number of amides is 1. The van der Waals surface area contributed by atoms with Crippen LogP contribution in [0.1, 0.15) is 40.0 Å². The van der Waals surface area contributed by atoms with Gasteiger partial charge in [-0.1, -0.05) is 13.8 Å². The fourth-order valence-corrected chi connectivity index (χ4v) is 1.98. The standard InChI is InChI=1S/C12H23NO3/c1-8(2)10(6-7-14)13-12(15)11-5-4-9(3)16-11/h8-11,14H,4-7H2,1-3H3,(H,13,15). The number of carbonyl (C=O) groups is 1. The molecule has 0 bridgehead atoms. The Labute approximate surface area is 97.4 Å². The Morgan fingerprint density at radius 1 is 1.50 bits per heavy atom. The number of rotatable bonds is 5. The molecule has 1 saturated heterocycles. The second-order valence-electron chi connectivity index (χ2n) is 4.88. The number of hydrogen-bond donors (Lipinski definition) is 2. The largest absolute Gasteiger partial charge is 0.396 e. The van der Waals surface area contributed by atoms with Crippen molar-refractivity contribution in [3.8, 4) is 0 Å². The van der Waals surface area contributed by atoms with E-state index in [9.17, 15) is 4.79 Å². The second-order valence-corrected chi connectivity index (χ2v) is 4.88. The first kappa shape index (κ1) is 13.5. The van der Waals surface area contributed by atoms with Crippen molar-refractivity contribution in [1.82, 2.24) is 5.32 Å². The number of ether oxygens (including phenoxy) is 1. The van der Waals surface area contributed by atoms with Gasteiger partial charge in [0, 0.05) is 12.6 Å². The molecule has 0 saturated carbocycles. The molecule has 1 fully saturated rings. The molecule has 4 nitrogen and oxygen atoms in total. The van der Waals surface area contributed by atoms with Crippen molar-refractivity contribution in [3.05, 3.63) is 0 Å². The molecule has 0 spiro atoms. The molecule has 1 aliphatic rings. The van der Waals surface area contributed by atoms with Crippen molar-refractivity contribution in [2.24, 2.45) is 5.92 Å². The van der Waals surface area contributed by atoms with Gasteiger partial charge in [-0.2, -0.15) is 0 Å². The maximum Gasteiger partial charge on any atom is 0.249 e. The minimum atomic E-state index is -0.296. The third-order valence-electron chi connectivity index (χ3n) is 3.10. The number of aliphatic hydroxyl groups excluding tert-OH is 1. The van der Waals surface area contributed by atoms with Crippen LogP contribution in [0.5, 0.6) is 0 Å². The Kier molecular flexibility index (Phi) is 5.22. The molecule has 0 aromatic heterocycles. The molecule has 3 unspecified atom stereocenters. The smallest absolute Gasteiger partial charge is 0.249 e. The Morgan fingerprint density at radius 3 is 2.62 bits per heavy atom. The Morgan fingerprint density at radius 2 is 2.19 bits per heavy atom. The van der Waals surface area contributed by atoms with Crippen LogP contribution in [-0.2, 0) is 9.53 Å². The van der Waals surface area contributed by atoms with Crippen molar-refractivity contribution < 1.29 is 14.6 Å². The molecule has 94 valence electrons. The average molecular weight is 229 g/mol. The van der Waals surface area contributed by atoms with E-state index in [4.69, 9.17) is 9.84 Å². The Bertz CT molecular complexity index is 230. The summed E-state index contributed by atoms with van der Waals surface area (Å²) in [7, 11) is 0. The first-order valence-corrected chi connectivity index (χ1v) is 6.11. The maximum atomic E-state index is 11.9. The molecule has 16 heavy (non-hydrogen) atoms. The summed E-state index contributed by atoms with van der Waals surface area (Å²) in [5.41, 5.74) is 0. The van der Waals surface area contributed by atoms with Gasteiger partial charge in [0.05, 0.1) is 6.10 Å². The highest BCUT2D eigenvalue weighted by molar-refractivity contribution is 5.81. The van der Waals surface area contributed by atoms with Crippen LogP contribution in [0.15, 0.2) is 0 Å². The molecule has 0 aromatic carbocycles. The van der Waals surface area contributed by atoms with Gasteiger partial charge in [-0.3, -0.25) is 4.79 Å². The predicted molar refractivity (Wildman–Crippen MR) is 62.0 cm³/mol. The van der Waals surface area contributed by atoms with E-state index >= 15 is 0 Å². The van der Waals surface area contributed by atoms with Crippen LogP contribution in [0.3, 0.4) is 0 Å². The summed E-state index contributed by atoms with van der Waals surface area (Å²) < 4.78 is 5.51. The van der Waals surface area contributed by atoms with E-state index < -0.39 is 0 Å². The van der Waals surface area contributed by atoms with Gasteiger partial charge in [0.25, 0.3) is 0 Å². The Hall–Kier alpha value is -0.610. The molecule has 0 radical (unpaired) electrons. The van der Waals surface area contributed by atoms with Crippen molar-refractivity contribution >= 4 is 5.91 Å². The summed E-state index contributed by atoms with van der Waals surface area (Å²) in [6, 6.07) is 0.0389. The van der Waals surface area contributed by atoms with Crippen molar-refractivity contribution in [3.63, 3.8) is 0 Å². The lowest BCUT2D eigenvalue weighted by Crippen LogP contribution is -2.44. The van der Waals surface area contributed by atoms with Gasteiger partial charge in [0.1, 0.15) is 6.10 Å². The fraction of sp³-hybridized carbons (Fsp3) is 0.917. The van der Waals surface area contributed by atoms with E-state index in [0.29, 0.717) is 12.3 Å². The summed E-state index contributed by atoms with van der Waals surface area (Å²) in [6.07, 6.45) is 2.24. The van der Waals surface area contributed by atoms with Gasteiger partial charge < -0.3 is 15.2 Å². The highest BCUT2D eigenvalue weighted by Crippen LogP contribution is 2.19. The minimum Gasteiger partial charge on any atom is -0.396 e. The molecule has 1 heterocycles. The first-order chi connectivity index (χ1) is 7.54. The average Bonchev–Trinajstić information content (AvgIpc) is 2.64. The first-order valence-electron chi connectivity index (χ1n) is 6.11. The van der Waals surface area contributed by atoms with Crippen molar-refractivity contribution in [2.45, 2.75) is 58.3 Å². The predicted octanol–water partition coefficient (Wildman–Crippen LogP) is 1.08. The monoisotopic (exact) mass is 229 g/mol. The van der Waals surface area contributed by atoms with E-state index in [1.807, 2.05) is 20.8 Å².